The largest absolute Gasteiger partial charge is 0.381 e. The first-order valence-electron chi connectivity index (χ1n) is 7.69. The first-order chi connectivity index (χ1) is 9.70. The first kappa shape index (κ1) is 15.5. The Morgan fingerprint density at radius 1 is 1.30 bits per heavy atom. The molecule has 0 saturated carbocycles. The van der Waals surface area contributed by atoms with Gasteiger partial charge < -0.3 is 15.0 Å². The molecule has 0 spiro atoms. The van der Waals surface area contributed by atoms with Gasteiger partial charge in [-0.05, 0) is 50.9 Å². The molecule has 1 fully saturated rings. The minimum Gasteiger partial charge on any atom is -0.381 e. The van der Waals surface area contributed by atoms with Crippen molar-refractivity contribution in [1.29, 1.82) is 0 Å². The normalized spacial score (nSPS) is 18.4. The predicted molar refractivity (Wildman–Crippen MR) is 84.0 cm³/mol. The van der Waals surface area contributed by atoms with Gasteiger partial charge >= 0.3 is 0 Å². The SMILES string of the molecule is CNC(CN(C)CC1CCOCC1)c1ccccc1C. The van der Waals surface area contributed by atoms with Crippen LogP contribution in [0.3, 0.4) is 0 Å². The Kier molecular flexibility index (Phi) is 6.02. The van der Waals surface area contributed by atoms with Crippen molar-refractivity contribution in [3.8, 4) is 0 Å². The third-order valence-electron chi connectivity index (χ3n) is 4.32. The quantitative estimate of drug-likeness (QED) is 0.864. The summed E-state index contributed by atoms with van der Waals surface area (Å²) in [5.74, 6) is 0.795. The lowest BCUT2D eigenvalue weighted by atomic mass is 9.98. The molecule has 1 aliphatic heterocycles. The highest BCUT2D eigenvalue weighted by molar-refractivity contribution is 5.28. The van der Waals surface area contributed by atoms with Crippen molar-refractivity contribution in [1.82, 2.24) is 10.2 Å². The van der Waals surface area contributed by atoms with E-state index in [9.17, 15) is 0 Å². The van der Waals surface area contributed by atoms with Crippen molar-refractivity contribution in [3.63, 3.8) is 0 Å². The summed E-state index contributed by atoms with van der Waals surface area (Å²) in [6.45, 7) is 6.29. The average Bonchev–Trinajstić information content (AvgIpc) is 2.46. The molecule has 0 radical (unpaired) electrons. The molecular weight excluding hydrogens is 248 g/mol. The maximum absolute atomic E-state index is 5.44. The fourth-order valence-electron chi connectivity index (χ4n) is 3.08. The molecule has 3 nitrogen and oxygen atoms in total. The summed E-state index contributed by atoms with van der Waals surface area (Å²) in [7, 11) is 4.29. The Morgan fingerprint density at radius 3 is 2.65 bits per heavy atom. The second-order valence-corrected chi connectivity index (χ2v) is 5.97. The standard InChI is InChI=1S/C17H28N2O/c1-14-6-4-5-7-16(14)17(18-2)13-19(3)12-15-8-10-20-11-9-15/h4-7,15,17-18H,8-13H2,1-3H3. The highest BCUT2D eigenvalue weighted by atomic mass is 16.5. The number of rotatable bonds is 6. The zero-order valence-electron chi connectivity index (χ0n) is 13.1. The van der Waals surface area contributed by atoms with Gasteiger partial charge in [0.15, 0.2) is 0 Å². The number of hydrogen-bond donors (Lipinski definition) is 1. The predicted octanol–water partition coefficient (Wildman–Crippen LogP) is 2.61. The van der Waals surface area contributed by atoms with Crippen LogP contribution in [0.4, 0.5) is 0 Å². The van der Waals surface area contributed by atoms with Crippen LogP contribution in [0, 0.1) is 12.8 Å². The van der Waals surface area contributed by atoms with E-state index in [1.165, 1.54) is 30.5 Å². The molecule has 1 aromatic carbocycles. The highest BCUT2D eigenvalue weighted by Gasteiger charge is 2.18. The summed E-state index contributed by atoms with van der Waals surface area (Å²) in [6.07, 6.45) is 2.41. The zero-order chi connectivity index (χ0) is 14.4. The molecule has 1 unspecified atom stereocenters. The molecule has 0 amide bonds. The minimum atomic E-state index is 0.404. The van der Waals surface area contributed by atoms with Crippen molar-refractivity contribution in [2.24, 2.45) is 5.92 Å². The molecule has 112 valence electrons. The van der Waals surface area contributed by atoms with Crippen LogP contribution in [0.15, 0.2) is 24.3 Å². The van der Waals surface area contributed by atoms with Gasteiger partial charge in [-0.15, -0.1) is 0 Å². The van der Waals surface area contributed by atoms with Gasteiger partial charge in [-0.1, -0.05) is 24.3 Å². The molecule has 1 heterocycles. The molecule has 0 bridgehead atoms. The van der Waals surface area contributed by atoms with Crippen molar-refractivity contribution in [3.05, 3.63) is 35.4 Å². The second kappa shape index (κ2) is 7.77. The number of aryl methyl sites for hydroxylation is 1. The van der Waals surface area contributed by atoms with Gasteiger partial charge in [0.05, 0.1) is 0 Å². The molecule has 1 aromatic rings. The van der Waals surface area contributed by atoms with Crippen molar-refractivity contribution in [2.75, 3.05) is 40.4 Å². The van der Waals surface area contributed by atoms with E-state index in [2.05, 4.69) is 55.5 Å². The molecule has 1 atom stereocenters. The Balaban J connectivity index is 1.90. The fraction of sp³-hybridized carbons (Fsp3) is 0.647. The lowest BCUT2D eigenvalue weighted by Gasteiger charge is -2.30. The summed E-state index contributed by atoms with van der Waals surface area (Å²) in [5, 5.41) is 3.46. The third-order valence-corrected chi connectivity index (χ3v) is 4.32. The number of nitrogens with zero attached hydrogens (tertiary/aromatic N) is 1. The first-order valence-corrected chi connectivity index (χ1v) is 7.69. The summed E-state index contributed by atoms with van der Waals surface area (Å²) in [6, 6.07) is 9.07. The van der Waals surface area contributed by atoms with E-state index in [-0.39, 0.29) is 0 Å². The van der Waals surface area contributed by atoms with E-state index in [0.717, 1.165) is 25.7 Å². The second-order valence-electron chi connectivity index (χ2n) is 5.97. The van der Waals surface area contributed by atoms with Crippen molar-refractivity contribution < 1.29 is 4.74 Å². The number of hydrogen-bond acceptors (Lipinski definition) is 3. The van der Waals surface area contributed by atoms with Crippen LogP contribution in [-0.2, 0) is 4.74 Å². The van der Waals surface area contributed by atoms with Crippen LogP contribution in [0.5, 0.6) is 0 Å². The Hall–Kier alpha value is -0.900. The smallest absolute Gasteiger partial charge is 0.0469 e. The van der Waals surface area contributed by atoms with E-state index >= 15 is 0 Å². The third kappa shape index (κ3) is 4.30. The Morgan fingerprint density at radius 2 is 2.00 bits per heavy atom. The van der Waals surface area contributed by atoms with Crippen molar-refractivity contribution >= 4 is 0 Å². The molecular formula is C17H28N2O. The van der Waals surface area contributed by atoms with Crippen LogP contribution in [0.25, 0.3) is 0 Å². The van der Waals surface area contributed by atoms with Crippen LogP contribution in [0.1, 0.15) is 30.0 Å². The molecule has 2 rings (SSSR count). The van der Waals surface area contributed by atoms with Gasteiger partial charge in [0.2, 0.25) is 0 Å². The van der Waals surface area contributed by atoms with Crippen LogP contribution in [0.2, 0.25) is 0 Å². The lowest BCUT2D eigenvalue weighted by molar-refractivity contribution is 0.0548. The zero-order valence-corrected chi connectivity index (χ0v) is 13.1. The van der Waals surface area contributed by atoms with E-state index in [1.54, 1.807) is 0 Å². The Labute approximate surface area is 123 Å². The summed E-state index contributed by atoms with van der Waals surface area (Å²) in [5.41, 5.74) is 2.78. The molecule has 20 heavy (non-hydrogen) atoms. The fourth-order valence-corrected chi connectivity index (χ4v) is 3.08. The average molecular weight is 276 g/mol. The molecule has 0 aliphatic carbocycles. The number of likely N-dealkylation sites (N-methyl/N-ethyl adjacent to an activating group) is 2. The molecule has 0 aromatic heterocycles. The Bertz CT molecular complexity index is 402. The van der Waals surface area contributed by atoms with Crippen LogP contribution >= 0.6 is 0 Å². The van der Waals surface area contributed by atoms with E-state index in [4.69, 9.17) is 4.74 Å². The van der Waals surface area contributed by atoms with Gasteiger partial charge in [0.25, 0.3) is 0 Å². The number of nitrogens with one attached hydrogen (secondary N) is 1. The molecule has 1 saturated heterocycles. The highest BCUT2D eigenvalue weighted by Crippen LogP contribution is 2.20. The summed E-state index contributed by atoms with van der Waals surface area (Å²) >= 11 is 0. The lowest BCUT2D eigenvalue weighted by Crippen LogP contribution is -2.36. The summed E-state index contributed by atoms with van der Waals surface area (Å²) in [4.78, 5) is 2.46. The van der Waals surface area contributed by atoms with Gasteiger partial charge in [0, 0.05) is 32.3 Å². The molecule has 3 heteroatoms. The van der Waals surface area contributed by atoms with E-state index in [0.29, 0.717) is 6.04 Å². The number of benzene rings is 1. The topological polar surface area (TPSA) is 24.5 Å². The molecule has 1 aliphatic rings. The van der Waals surface area contributed by atoms with Crippen molar-refractivity contribution in [2.45, 2.75) is 25.8 Å². The van der Waals surface area contributed by atoms with Gasteiger partial charge in [-0.3, -0.25) is 0 Å². The maximum atomic E-state index is 5.44. The summed E-state index contributed by atoms with van der Waals surface area (Å²) < 4.78 is 5.44. The monoisotopic (exact) mass is 276 g/mol. The maximum Gasteiger partial charge on any atom is 0.0469 e. The minimum absolute atomic E-state index is 0.404. The van der Waals surface area contributed by atoms with Gasteiger partial charge in [0.1, 0.15) is 0 Å². The van der Waals surface area contributed by atoms with E-state index < -0.39 is 0 Å². The number of ether oxygens (including phenoxy) is 1. The van der Waals surface area contributed by atoms with Gasteiger partial charge in [-0.2, -0.15) is 0 Å². The van der Waals surface area contributed by atoms with Crippen LogP contribution in [-0.4, -0.2) is 45.3 Å². The van der Waals surface area contributed by atoms with Gasteiger partial charge in [-0.25, -0.2) is 0 Å². The van der Waals surface area contributed by atoms with Crippen LogP contribution < -0.4 is 5.32 Å². The van der Waals surface area contributed by atoms with E-state index in [1.807, 2.05) is 0 Å². The molecule has 1 N–H and O–H groups in total.